The van der Waals surface area contributed by atoms with Gasteiger partial charge in [0.2, 0.25) is 5.91 Å². The fraction of sp³-hybridized carbons (Fsp3) is 0.417. The van der Waals surface area contributed by atoms with E-state index in [-0.39, 0.29) is 18.2 Å². The molecule has 8 heteroatoms. The molecule has 0 spiro atoms. The van der Waals surface area contributed by atoms with Crippen LogP contribution in [-0.4, -0.2) is 75.7 Å². The molecule has 1 saturated heterocycles. The van der Waals surface area contributed by atoms with E-state index in [4.69, 9.17) is 14.2 Å². The smallest absolute Gasteiger partial charge is 0.254 e. The van der Waals surface area contributed by atoms with Gasteiger partial charge >= 0.3 is 0 Å². The molecule has 8 nitrogen and oxygen atoms in total. The van der Waals surface area contributed by atoms with Gasteiger partial charge in [-0.3, -0.25) is 9.59 Å². The van der Waals surface area contributed by atoms with Crippen molar-refractivity contribution in [3.05, 3.63) is 53.6 Å². The van der Waals surface area contributed by atoms with Gasteiger partial charge in [-0.25, -0.2) is 0 Å². The Kier molecular flexibility index (Phi) is 8.33. The molecular weight excluding hydrogens is 410 g/mol. The third-order valence-electron chi connectivity index (χ3n) is 5.46. The zero-order valence-corrected chi connectivity index (χ0v) is 18.9. The van der Waals surface area contributed by atoms with Crippen molar-refractivity contribution in [3.8, 4) is 17.2 Å². The van der Waals surface area contributed by atoms with Crippen molar-refractivity contribution in [2.45, 2.75) is 13.0 Å². The fourth-order valence-electron chi connectivity index (χ4n) is 3.66. The van der Waals surface area contributed by atoms with Gasteiger partial charge in [-0.2, -0.15) is 0 Å². The van der Waals surface area contributed by atoms with E-state index in [1.807, 2.05) is 29.2 Å². The standard InChI is InChI=1S/C24H31N3O5/c1-30-20-6-4-5-18(13-20)17-27(10-7-23(28)26-11-8-25-9-12-26)24(29)19-14-21(31-2)16-22(15-19)32-3/h4-6,13-16,25H,7-12,17H2,1-3H3. The van der Waals surface area contributed by atoms with E-state index >= 15 is 0 Å². The maximum Gasteiger partial charge on any atom is 0.254 e. The molecule has 1 fully saturated rings. The molecule has 1 N–H and O–H groups in total. The lowest BCUT2D eigenvalue weighted by Crippen LogP contribution is -2.47. The van der Waals surface area contributed by atoms with Crippen LogP contribution in [0.4, 0.5) is 0 Å². The van der Waals surface area contributed by atoms with Crippen LogP contribution in [0.1, 0.15) is 22.3 Å². The van der Waals surface area contributed by atoms with Crippen LogP contribution in [0.2, 0.25) is 0 Å². The van der Waals surface area contributed by atoms with E-state index in [0.29, 0.717) is 43.2 Å². The minimum atomic E-state index is -0.196. The van der Waals surface area contributed by atoms with Gasteiger partial charge in [-0.15, -0.1) is 0 Å². The zero-order valence-electron chi connectivity index (χ0n) is 18.9. The molecule has 0 unspecified atom stereocenters. The van der Waals surface area contributed by atoms with Crippen molar-refractivity contribution in [2.24, 2.45) is 0 Å². The molecule has 2 amide bonds. The topological polar surface area (TPSA) is 80.3 Å². The summed E-state index contributed by atoms with van der Waals surface area (Å²) in [7, 11) is 4.70. The molecule has 0 atom stereocenters. The van der Waals surface area contributed by atoms with Crippen LogP contribution in [0.15, 0.2) is 42.5 Å². The quantitative estimate of drug-likeness (QED) is 0.643. The second-order valence-electron chi connectivity index (χ2n) is 7.56. The molecule has 2 aromatic rings. The van der Waals surface area contributed by atoms with Gasteiger partial charge in [0.1, 0.15) is 17.2 Å². The largest absolute Gasteiger partial charge is 0.497 e. The summed E-state index contributed by atoms with van der Waals surface area (Å²) >= 11 is 0. The number of piperazine rings is 1. The Balaban J connectivity index is 1.81. The van der Waals surface area contributed by atoms with Gasteiger partial charge in [-0.1, -0.05) is 12.1 Å². The first-order chi connectivity index (χ1) is 15.5. The highest BCUT2D eigenvalue weighted by molar-refractivity contribution is 5.95. The van der Waals surface area contributed by atoms with Gasteiger partial charge in [0.25, 0.3) is 5.91 Å². The van der Waals surface area contributed by atoms with Crippen LogP contribution in [0.3, 0.4) is 0 Å². The van der Waals surface area contributed by atoms with Crippen LogP contribution >= 0.6 is 0 Å². The first-order valence-corrected chi connectivity index (χ1v) is 10.7. The normalized spacial score (nSPS) is 13.4. The Morgan fingerprint density at radius 1 is 0.938 bits per heavy atom. The van der Waals surface area contributed by atoms with E-state index in [9.17, 15) is 9.59 Å². The van der Waals surface area contributed by atoms with Crippen LogP contribution in [0, 0.1) is 0 Å². The molecule has 0 saturated carbocycles. The van der Waals surface area contributed by atoms with Gasteiger partial charge < -0.3 is 29.3 Å². The van der Waals surface area contributed by atoms with Crippen molar-refractivity contribution in [1.29, 1.82) is 0 Å². The number of methoxy groups -OCH3 is 3. The van der Waals surface area contributed by atoms with Gasteiger partial charge in [-0.05, 0) is 29.8 Å². The lowest BCUT2D eigenvalue weighted by molar-refractivity contribution is -0.132. The summed E-state index contributed by atoms with van der Waals surface area (Å²) < 4.78 is 16.0. The Bertz CT molecular complexity index is 905. The Morgan fingerprint density at radius 2 is 1.59 bits per heavy atom. The molecule has 1 heterocycles. The van der Waals surface area contributed by atoms with Crippen molar-refractivity contribution in [1.82, 2.24) is 15.1 Å². The second-order valence-corrected chi connectivity index (χ2v) is 7.56. The van der Waals surface area contributed by atoms with Gasteiger partial charge in [0.15, 0.2) is 0 Å². The Morgan fingerprint density at radius 3 is 2.22 bits per heavy atom. The van der Waals surface area contributed by atoms with Crippen LogP contribution < -0.4 is 19.5 Å². The summed E-state index contributed by atoms with van der Waals surface area (Å²) in [4.78, 5) is 29.7. The Hall–Kier alpha value is -3.26. The molecule has 0 bridgehead atoms. The van der Waals surface area contributed by atoms with Crippen molar-refractivity contribution in [2.75, 3.05) is 54.1 Å². The van der Waals surface area contributed by atoms with Crippen LogP contribution in [-0.2, 0) is 11.3 Å². The minimum absolute atomic E-state index is 0.0539. The number of ether oxygens (including phenoxy) is 3. The number of rotatable bonds is 9. The first-order valence-electron chi connectivity index (χ1n) is 10.7. The lowest BCUT2D eigenvalue weighted by atomic mass is 10.1. The summed E-state index contributed by atoms with van der Waals surface area (Å²) in [5, 5.41) is 3.25. The summed E-state index contributed by atoms with van der Waals surface area (Å²) in [6.45, 7) is 3.62. The molecule has 172 valence electrons. The third-order valence-corrected chi connectivity index (χ3v) is 5.46. The molecule has 1 aliphatic rings. The van der Waals surface area contributed by atoms with E-state index in [0.717, 1.165) is 24.4 Å². The lowest BCUT2D eigenvalue weighted by Gasteiger charge is -2.29. The van der Waals surface area contributed by atoms with Crippen molar-refractivity contribution >= 4 is 11.8 Å². The Labute approximate surface area is 189 Å². The number of hydrogen-bond acceptors (Lipinski definition) is 6. The molecule has 3 rings (SSSR count). The van der Waals surface area contributed by atoms with Crippen LogP contribution in [0.5, 0.6) is 17.2 Å². The summed E-state index contributed by atoms with van der Waals surface area (Å²) in [5.41, 5.74) is 1.36. The minimum Gasteiger partial charge on any atom is -0.497 e. The van der Waals surface area contributed by atoms with E-state index in [2.05, 4.69) is 5.32 Å². The molecule has 0 radical (unpaired) electrons. The van der Waals surface area contributed by atoms with E-state index in [1.54, 1.807) is 44.4 Å². The number of amides is 2. The van der Waals surface area contributed by atoms with E-state index in [1.165, 1.54) is 0 Å². The predicted octanol–water partition coefficient (Wildman–Crippen LogP) is 2.18. The number of nitrogens with zero attached hydrogens (tertiary/aromatic N) is 2. The highest BCUT2D eigenvalue weighted by Gasteiger charge is 2.22. The second kappa shape index (κ2) is 11.4. The maximum atomic E-state index is 13.5. The summed E-state index contributed by atoms with van der Waals surface area (Å²) in [5.74, 6) is 1.64. The monoisotopic (exact) mass is 441 g/mol. The zero-order chi connectivity index (χ0) is 22.9. The number of carbonyl (C=O) groups excluding carboxylic acids is 2. The number of benzene rings is 2. The highest BCUT2D eigenvalue weighted by atomic mass is 16.5. The summed E-state index contributed by atoms with van der Waals surface area (Å²) in [6.07, 6.45) is 0.261. The third kappa shape index (κ3) is 6.13. The first kappa shape index (κ1) is 23.4. The maximum absolute atomic E-state index is 13.5. The average molecular weight is 442 g/mol. The molecule has 0 aromatic heterocycles. The summed E-state index contributed by atoms with van der Waals surface area (Å²) in [6, 6.07) is 12.7. The van der Waals surface area contributed by atoms with Crippen molar-refractivity contribution in [3.63, 3.8) is 0 Å². The van der Waals surface area contributed by atoms with Gasteiger partial charge in [0.05, 0.1) is 21.3 Å². The molecule has 32 heavy (non-hydrogen) atoms. The van der Waals surface area contributed by atoms with Gasteiger partial charge in [0, 0.05) is 57.3 Å². The van der Waals surface area contributed by atoms with E-state index < -0.39 is 0 Å². The number of nitrogens with one attached hydrogen (secondary N) is 1. The fourth-order valence-corrected chi connectivity index (χ4v) is 3.66. The number of carbonyl (C=O) groups is 2. The number of hydrogen-bond donors (Lipinski definition) is 1. The molecular formula is C24H31N3O5. The molecule has 2 aromatic carbocycles. The van der Waals surface area contributed by atoms with Crippen LogP contribution in [0.25, 0.3) is 0 Å². The predicted molar refractivity (Wildman–Crippen MR) is 121 cm³/mol. The SMILES string of the molecule is COc1cccc(CN(CCC(=O)N2CCNCC2)C(=O)c2cc(OC)cc(OC)c2)c1. The average Bonchev–Trinajstić information content (AvgIpc) is 2.86. The van der Waals surface area contributed by atoms with Crippen molar-refractivity contribution < 1.29 is 23.8 Å². The molecule has 0 aliphatic carbocycles. The highest BCUT2D eigenvalue weighted by Crippen LogP contribution is 2.24. The molecule has 1 aliphatic heterocycles.